The number of nitrogens with one attached hydrogen (secondary N) is 2. The standard InChI is InChI=1S/C13H17N5OS/c1-19-9-5-8-14-11-16-12(18-13(20)17-11)15-10-6-3-2-4-7-10/h2-4,6-7H,5,8-9H2,1H3,(H3,14,15,16,17,18,20). The van der Waals surface area contributed by atoms with Gasteiger partial charge in [0.05, 0.1) is 0 Å². The zero-order chi connectivity index (χ0) is 14.2. The summed E-state index contributed by atoms with van der Waals surface area (Å²) >= 11 is 4.19. The lowest BCUT2D eigenvalue weighted by molar-refractivity contribution is 0.197. The molecule has 1 aromatic carbocycles. The smallest absolute Gasteiger partial charge is 0.233 e. The van der Waals surface area contributed by atoms with Gasteiger partial charge < -0.3 is 15.4 Å². The van der Waals surface area contributed by atoms with E-state index in [9.17, 15) is 0 Å². The van der Waals surface area contributed by atoms with Crippen molar-refractivity contribution in [2.75, 3.05) is 30.9 Å². The van der Waals surface area contributed by atoms with Crippen molar-refractivity contribution in [3.63, 3.8) is 0 Å². The Hall–Kier alpha value is -1.86. The van der Waals surface area contributed by atoms with Crippen molar-refractivity contribution in [2.24, 2.45) is 0 Å². The lowest BCUT2D eigenvalue weighted by Crippen LogP contribution is -2.10. The van der Waals surface area contributed by atoms with Gasteiger partial charge in [0.1, 0.15) is 0 Å². The molecule has 0 atom stereocenters. The van der Waals surface area contributed by atoms with Crippen LogP contribution in [-0.2, 0) is 4.74 Å². The van der Waals surface area contributed by atoms with E-state index in [1.807, 2.05) is 30.3 Å². The molecule has 1 heterocycles. The largest absolute Gasteiger partial charge is 0.385 e. The minimum absolute atomic E-state index is 0.368. The molecule has 0 unspecified atom stereocenters. The fraction of sp³-hybridized carbons (Fsp3) is 0.308. The number of hydrogen-bond acceptors (Lipinski definition) is 7. The summed E-state index contributed by atoms with van der Waals surface area (Å²) < 4.78 is 4.99. The molecule has 0 bridgehead atoms. The Balaban J connectivity index is 2.01. The van der Waals surface area contributed by atoms with E-state index < -0.39 is 0 Å². The molecule has 0 aliphatic carbocycles. The second kappa shape index (κ2) is 7.66. The van der Waals surface area contributed by atoms with Crippen LogP contribution in [0, 0.1) is 0 Å². The number of thiol groups is 1. The van der Waals surface area contributed by atoms with Crippen LogP contribution in [0.1, 0.15) is 6.42 Å². The van der Waals surface area contributed by atoms with Crippen LogP contribution in [-0.4, -0.2) is 35.2 Å². The Morgan fingerprint density at radius 3 is 2.60 bits per heavy atom. The van der Waals surface area contributed by atoms with Gasteiger partial charge in [-0.15, -0.1) is 12.6 Å². The molecule has 7 heteroatoms. The van der Waals surface area contributed by atoms with Gasteiger partial charge in [0.15, 0.2) is 5.16 Å². The number of anilines is 3. The van der Waals surface area contributed by atoms with Gasteiger partial charge in [-0.25, -0.2) is 0 Å². The van der Waals surface area contributed by atoms with E-state index in [1.54, 1.807) is 7.11 Å². The summed E-state index contributed by atoms with van der Waals surface area (Å²) in [6.45, 7) is 1.43. The molecule has 1 aromatic heterocycles. The van der Waals surface area contributed by atoms with Crippen molar-refractivity contribution in [2.45, 2.75) is 11.6 Å². The fourth-order valence-corrected chi connectivity index (χ4v) is 1.76. The van der Waals surface area contributed by atoms with Crippen molar-refractivity contribution < 1.29 is 4.74 Å². The van der Waals surface area contributed by atoms with Crippen LogP contribution in [0.5, 0.6) is 0 Å². The fourth-order valence-electron chi connectivity index (χ4n) is 1.57. The third kappa shape index (κ3) is 4.67. The minimum atomic E-state index is 0.368. The van der Waals surface area contributed by atoms with Crippen molar-refractivity contribution >= 4 is 30.2 Å². The van der Waals surface area contributed by atoms with Gasteiger partial charge >= 0.3 is 0 Å². The van der Waals surface area contributed by atoms with Crippen molar-refractivity contribution in [1.29, 1.82) is 0 Å². The van der Waals surface area contributed by atoms with Crippen molar-refractivity contribution in [3.8, 4) is 0 Å². The molecule has 20 heavy (non-hydrogen) atoms. The van der Waals surface area contributed by atoms with Gasteiger partial charge in [0.2, 0.25) is 11.9 Å². The molecule has 0 amide bonds. The zero-order valence-electron chi connectivity index (χ0n) is 11.2. The van der Waals surface area contributed by atoms with Crippen molar-refractivity contribution in [3.05, 3.63) is 30.3 Å². The molecule has 0 radical (unpaired) electrons. The molecule has 0 fully saturated rings. The first-order chi connectivity index (χ1) is 9.78. The average Bonchev–Trinajstić information content (AvgIpc) is 2.44. The molecular formula is C13H17N5OS. The number of benzene rings is 1. The highest BCUT2D eigenvalue weighted by atomic mass is 32.1. The molecular weight excluding hydrogens is 274 g/mol. The Bertz CT molecular complexity index is 538. The topological polar surface area (TPSA) is 72.0 Å². The number of rotatable bonds is 7. The molecule has 106 valence electrons. The second-order valence-corrected chi connectivity index (χ2v) is 4.45. The summed E-state index contributed by atoms with van der Waals surface area (Å²) in [5.41, 5.74) is 0.914. The SMILES string of the molecule is COCCCNc1nc(S)nc(Nc2ccccc2)n1. The minimum Gasteiger partial charge on any atom is -0.385 e. The van der Waals surface area contributed by atoms with Gasteiger partial charge in [0, 0.05) is 25.9 Å². The first kappa shape index (κ1) is 14.5. The summed E-state index contributed by atoms with van der Waals surface area (Å²) in [6.07, 6.45) is 0.880. The zero-order valence-corrected chi connectivity index (χ0v) is 12.1. The normalized spacial score (nSPS) is 10.3. The average molecular weight is 291 g/mol. The van der Waals surface area contributed by atoms with Gasteiger partial charge in [0.25, 0.3) is 0 Å². The molecule has 2 rings (SSSR count). The summed E-state index contributed by atoms with van der Waals surface area (Å²) in [5.74, 6) is 0.963. The highest BCUT2D eigenvalue weighted by Crippen LogP contribution is 2.14. The highest BCUT2D eigenvalue weighted by Gasteiger charge is 2.04. The van der Waals surface area contributed by atoms with Crippen molar-refractivity contribution in [1.82, 2.24) is 15.0 Å². The number of aromatic nitrogens is 3. The molecule has 0 saturated heterocycles. The molecule has 0 spiro atoms. The van der Waals surface area contributed by atoms with Gasteiger partial charge in [-0.2, -0.15) is 15.0 Å². The van der Waals surface area contributed by atoms with Crippen LogP contribution < -0.4 is 10.6 Å². The summed E-state index contributed by atoms with van der Waals surface area (Å²) in [5, 5.41) is 6.59. The molecule has 0 aliphatic rings. The van der Waals surface area contributed by atoms with Gasteiger partial charge in [-0.05, 0) is 18.6 Å². The lowest BCUT2D eigenvalue weighted by Gasteiger charge is -2.08. The van der Waals surface area contributed by atoms with E-state index in [2.05, 4.69) is 38.2 Å². The molecule has 6 nitrogen and oxygen atoms in total. The predicted molar refractivity (Wildman–Crippen MR) is 81.8 cm³/mol. The second-order valence-electron chi connectivity index (χ2n) is 4.05. The number of nitrogens with zero attached hydrogens (tertiary/aromatic N) is 3. The Morgan fingerprint density at radius 1 is 1.10 bits per heavy atom. The van der Waals surface area contributed by atoms with Crippen LogP contribution in [0.4, 0.5) is 17.6 Å². The lowest BCUT2D eigenvalue weighted by atomic mass is 10.3. The number of hydrogen-bond donors (Lipinski definition) is 3. The maximum absolute atomic E-state index is 4.99. The first-order valence-corrected chi connectivity index (χ1v) is 6.72. The Kier molecular flexibility index (Phi) is 5.57. The first-order valence-electron chi connectivity index (χ1n) is 6.28. The van der Waals surface area contributed by atoms with Crippen LogP contribution >= 0.6 is 12.6 Å². The van der Waals surface area contributed by atoms with Crippen LogP contribution in [0.15, 0.2) is 35.5 Å². The summed E-state index contributed by atoms with van der Waals surface area (Å²) in [6, 6.07) is 9.71. The Labute approximate surface area is 123 Å². The molecule has 2 N–H and O–H groups in total. The third-order valence-corrected chi connectivity index (χ3v) is 2.66. The Morgan fingerprint density at radius 2 is 1.85 bits per heavy atom. The van der Waals surface area contributed by atoms with E-state index in [-0.39, 0.29) is 0 Å². The monoisotopic (exact) mass is 291 g/mol. The quantitative estimate of drug-likeness (QED) is 0.537. The predicted octanol–water partition coefficient (Wildman–Crippen LogP) is 2.35. The van der Waals surface area contributed by atoms with E-state index in [4.69, 9.17) is 4.74 Å². The van der Waals surface area contributed by atoms with E-state index >= 15 is 0 Å². The van der Waals surface area contributed by atoms with Gasteiger partial charge in [-0.1, -0.05) is 18.2 Å². The number of methoxy groups -OCH3 is 1. The number of ether oxygens (including phenoxy) is 1. The van der Waals surface area contributed by atoms with Gasteiger partial charge in [-0.3, -0.25) is 0 Å². The van der Waals surface area contributed by atoms with Crippen LogP contribution in [0.3, 0.4) is 0 Å². The molecule has 2 aromatic rings. The maximum atomic E-state index is 4.99. The van der Waals surface area contributed by atoms with E-state index in [0.29, 0.717) is 23.7 Å². The maximum Gasteiger partial charge on any atom is 0.233 e. The summed E-state index contributed by atoms with van der Waals surface area (Å²) in [4.78, 5) is 12.6. The summed E-state index contributed by atoms with van der Waals surface area (Å²) in [7, 11) is 1.68. The van der Waals surface area contributed by atoms with E-state index in [0.717, 1.165) is 18.7 Å². The molecule has 0 saturated carbocycles. The third-order valence-electron chi connectivity index (χ3n) is 2.46. The van der Waals surface area contributed by atoms with Crippen LogP contribution in [0.2, 0.25) is 0 Å². The van der Waals surface area contributed by atoms with E-state index in [1.165, 1.54) is 0 Å². The molecule has 0 aliphatic heterocycles. The highest BCUT2D eigenvalue weighted by molar-refractivity contribution is 7.80. The van der Waals surface area contributed by atoms with Crippen LogP contribution in [0.25, 0.3) is 0 Å². The number of para-hydroxylation sites is 1.